The normalized spacial score (nSPS) is 10.4. The summed E-state index contributed by atoms with van der Waals surface area (Å²) < 4.78 is 0. The van der Waals surface area contributed by atoms with Gasteiger partial charge >= 0.3 is 0 Å². The molecule has 2 aromatic carbocycles. The number of Topliss-reactive ketones (excluding diaryl/α,β-unsaturated/α-hetero) is 1. The molecule has 0 aliphatic carbocycles. The summed E-state index contributed by atoms with van der Waals surface area (Å²) in [5.41, 5.74) is 2.57. The molecule has 0 spiro atoms. The number of carbonyl (C=O) groups is 3. The monoisotopic (exact) mass is 420 g/mol. The van der Waals surface area contributed by atoms with E-state index in [0.29, 0.717) is 23.4 Å². The third-order valence-electron chi connectivity index (χ3n) is 4.00. The van der Waals surface area contributed by atoms with Gasteiger partial charge in [0.05, 0.1) is 5.69 Å². The zero-order chi connectivity index (χ0) is 20.4. The Bertz CT molecular complexity index is 840. The first kappa shape index (κ1) is 21.9. The van der Waals surface area contributed by atoms with E-state index in [0.717, 1.165) is 5.56 Å². The van der Waals surface area contributed by atoms with Crippen LogP contribution < -0.4 is 10.6 Å². The van der Waals surface area contributed by atoms with Gasteiger partial charge < -0.3 is 10.6 Å². The maximum atomic E-state index is 12.7. The second kappa shape index (κ2) is 11.5. The van der Waals surface area contributed by atoms with Gasteiger partial charge in [-0.05, 0) is 36.2 Å². The highest BCUT2D eigenvalue weighted by Crippen LogP contribution is 2.19. The van der Waals surface area contributed by atoms with Gasteiger partial charge in [0, 0.05) is 42.3 Å². The zero-order valence-electron chi connectivity index (χ0n) is 15.3. The quantitative estimate of drug-likeness (QED) is 0.434. The van der Waals surface area contributed by atoms with Crippen molar-refractivity contribution in [3.63, 3.8) is 0 Å². The summed E-state index contributed by atoms with van der Waals surface area (Å²) in [6.45, 7) is 0. The number of para-hydroxylation sites is 1. The van der Waals surface area contributed by atoms with E-state index in [-0.39, 0.29) is 48.6 Å². The van der Waals surface area contributed by atoms with E-state index in [9.17, 15) is 14.4 Å². The lowest BCUT2D eigenvalue weighted by atomic mass is 10.0. The molecule has 0 heterocycles. The first-order valence-electron chi connectivity index (χ1n) is 8.96. The number of ketones is 1. The molecule has 0 bridgehead atoms. The molecule has 2 rings (SSSR count). The van der Waals surface area contributed by atoms with Gasteiger partial charge in [0.1, 0.15) is 0 Å². The van der Waals surface area contributed by atoms with Crippen LogP contribution in [0, 0.1) is 0 Å². The molecular weight excluding hydrogens is 399 g/mol. The van der Waals surface area contributed by atoms with Crippen LogP contribution in [-0.4, -0.2) is 29.4 Å². The van der Waals surface area contributed by atoms with Crippen molar-refractivity contribution < 1.29 is 14.4 Å². The molecule has 7 heteroatoms. The molecule has 0 radical (unpaired) electrons. The van der Waals surface area contributed by atoms with Crippen molar-refractivity contribution in [2.75, 3.05) is 22.4 Å². The number of nitrogens with one attached hydrogen (secondary N) is 2. The molecule has 2 amide bonds. The largest absolute Gasteiger partial charge is 0.326 e. The number of hydrogen-bond donors (Lipinski definition) is 2. The molecule has 0 aliphatic rings. The molecule has 148 valence electrons. The van der Waals surface area contributed by atoms with Gasteiger partial charge in [0.15, 0.2) is 5.78 Å². The summed E-state index contributed by atoms with van der Waals surface area (Å²) >= 11 is 11.2. The maximum Gasteiger partial charge on any atom is 0.225 e. The van der Waals surface area contributed by atoms with Crippen molar-refractivity contribution in [3.05, 3.63) is 59.7 Å². The molecule has 5 nitrogen and oxygen atoms in total. The second-order valence-corrected chi connectivity index (χ2v) is 6.90. The van der Waals surface area contributed by atoms with Crippen LogP contribution in [0.5, 0.6) is 0 Å². The number of carbonyl (C=O) groups excluding carboxylic acids is 3. The first-order valence-corrected chi connectivity index (χ1v) is 10.0. The van der Waals surface area contributed by atoms with Gasteiger partial charge in [-0.2, -0.15) is 0 Å². The van der Waals surface area contributed by atoms with E-state index in [1.54, 1.807) is 30.3 Å². The lowest BCUT2D eigenvalue weighted by Gasteiger charge is -2.10. The fourth-order valence-electron chi connectivity index (χ4n) is 2.64. The molecule has 0 aliphatic heterocycles. The average molecular weight is 421 g/mol. The predicted molar refractivity (Wildman–Crippen MR) is 113 cm³/mol. The number of alkyl halides is 2. The average Bonchev–Trinajstić information content (AvgIpc) is 2.67. The maximum absolute atomic E-state index is 12.7. The molecule has 0 fully saturated rings. The summed E-state index contributed by atoms with van der Waals surface area (Å²) in [5, 5.41) is 5.51. The molecule has 0 saturated heterocycles. The summed E-state index contributed by atoms with van der Waals surface area (Å²) in [5.74, 6) is 0.0412. The summed E-state index contributed by atoms with van der Waals surface area (Å²) in [7, 11) is 0. The molecule has 0 saturated carbocycles. The molecule has 0 atom stereocenters. The van der Waals surface area contributed by atoms with E-state index in [1.807, 2.05) is 18.2 Å². The summed E-state index contributed by atoms with van der Waals surface area (Å²) in [6.07, 6.45) is 1.23. The van der Waals surface area contributed by atoms with Crippen LogP contribution in [0.25, 0.3) is 0 Å². The Labute approximate surface area is 174 Å². The van der Waals surface area contributed by atoms with Gasteiger partial charge in [-0.25, -0.2) is 0 Å². The minimum atomic E-state index is -0.226. The van der Waals surface area contributed by atoms with E-state index in [4.69, 9.17) is 23.2 Å². The Morgan fingerprint density at radius 2 is 1.46 bits per heavy atom. The Hall–Kier alpha value is -2.37. The van der Waals surface area contributed by atoms with Crippen molar-refractivity contribution in [2.45, 2.75) is 25.7 Å². The summed E-state index contributed by atoms with van der Waals surface area (Å²) in [4.78, 5) is 36.1. The Morgan fingerprint density at radius 3 is 2.18 bits per heavy atom. The van der Waals surface area contributed by atoms with Crippen LogP contribution in [0.4, 0.5) is 11.4 Å². The third-order valence-corrected chi connectivity index (χ3v) is 4.37. The highest BCUT2D eigenvalue weighted by Gasteiger charge is 2.13. The topological polar surface area (TPSA) is 75.3 Å². The Morgan fingerprint density at radius 1 is 0.786 bits per heavy atom. The van der Waals surface area contributed by atoms with Gasteiger partial charge in [-0.3, -0.25) is 14.4 Å². The van der Waals surface area contributed by atoms with Crippen LogP contribution in [0.2, 0.25) is 0 Å². The van der Waals surface area contributed by atoms with Crippen molar-refractivity contribution in [3.8, 4) is 0 Å². The lowest BCUT2D eigenvalue weighted by Crippen LogP contribution is -2.15. The van der Waals surface area contributed by atoms with Crippen LogP contribution in [0.1, 0.15) is 35.2 Å². The highest BCUT2D eigenvalue weighted by molar-refractivity contribution is 6.19. The molecule has 2 N–H and O–H groups in total. The number of rotatable bonds is 10. The molecule has 2 aromatic rings. The van der Waals surface area contributed by atoms with Crippen molar-refractivity contribution >= 4 is 52.2 Å². The molecule has 0 aromatic heterocycles. The Balaban J connectivity index is 2.01. The minimum Gasteiger partial charge on any atom is -0.326 e. The number of aryl methyl sites for hydroxylation is 1. The summed E-state index contributed by atoms with van der Waals surface area (Å²) in [6, 6.07) is 14.3. The fraction of sp³-hybridized carbons (Fsp3) is 0.286. The zero-order valence-corrected chi connectivity index (χ0v) is 16.9. The van der Waals surface area contributed by atoms with E-state index < -0.39 is 0 Å². The van der Waals surface area contributed by atoms with Crippen molar-refractivity contribution in [1.29, 1.82) is 0 Å². The van der Waals surface area contributed by atoms with Crippen LogP contribution >= 0.6 is 23.2 Å². The van der Waals surface area contributed by atoms with E-state index in [1.165, 1.54) is 0 Å². The smallest absolute Gasteiger partial charge is 0.225 e. The minimum absolute atomic E-state index is 0.0710. The highest BCUT2D eigenvalue weighted by atomic mass is 35.5. The van der Waals surface area contributed by atoms with Crippen molar-refractivity contribution in [2.24, 2.45) is 0 Å². The van der Waals surface area contributed by atoms with Gasteiger partial charge in [-0.15, -0.1) is 23.2 Å². The van der Waals surface area contributed by atoms with Crippen LogP contribution in [0.15, 0.2) is 48.5 Å². The first-order chi connectivity index (χ1) is 13.5. The number of amides is 2. The molecule has 28 heavy (non-hydrogen) atoms. The van der Waals surface area contributed by atoms with Crippen LogP contribution in [0.3, 0.4) is 0 Å². The molecular formula is C21H22Cl2N2O3. The van der Waals surface area contributed by atoms with Gasteiger partial charge in [0.25, 0.3) is 0 Å². The fourth-order valence-corrected chi connectivity index (χ4v) is 2.98. The number of anilines is 2. The predicted octanol–water partition coefficient (Wildman–Crippen LogP) is 4.64. The number of hydrogen-bond acceptors (Lipinski definition) is 3. The van der Waals surface area contributed by atoms with Gasteiger partial charge in [-0.1, -0.05) is 24.3 Å². The molecule has 0 unspecified atom stereocenters. The standard InChI is InChI=1S/C21H22Cl2N2O3/c22-12-10-20(27)24-16-5-3-4-15(14-16)8-9-19(26)17-6-1-2-7-18(17)25-21(28)11-13-23/h1-7,14H,8-13H2,(H,24,27)(H,25,28). The number of halogens is 2. The van der Waals surface area contributed by atoms with Gasteiger partial charge in [0.2, 0.25) is 11.8 Å². The SMILES string of the molecule is O=C(CCCl)Nc1cccc(CCC(=O)c2ccccc2NC(=O)CCCl)c1. The lowest BCUT2D eigenvalue weighted by molar-refractivity contribution is -0.116. The number of benzene rings is 2. The van der Waals surface area contributed by atoms with Crippen LogP contribution in [-0.2, 0) is 16.0 Å². The Kier molecular flexibility index (Phi) is 8.98. The van der Waals surface area contributed by atoms with E-state index in [2.05, 4.69) is 10.6 Å². The van der Waals surface area contributed by atoms with E-state index >= 15 is 0 Å². The second-order valence-electron chi connectivity index (χ2n) is 6.14. The van der Waals surface area contributed by atoms with Crippen molar-refractivity contribution in [1.82, 2.24) is 0 Å². The third kappa shape index (κ3) is 6.98.